The lowest BCUT2D eigenvalue weighted by molar-refractivity contribution is -0.141. The van der Waals surface area contributed by atoms with E-state index in [2.05, 4.69) is 5.32 Å². The third-order valence-electron chi connectivity index (χ3n) is 4.38. The summed E-state index contributed by atoms with van der Waals surface area (Å²) in [5.74, 6) is -0.964. The summed E-state index contributed by atoms with van der Waals surface area (Å²) in [6, 6.07) is 15.3. The second-order valence-corrected chi connectivity index (χ2v) is 6.74. The van der Waals surface area contributed by atoms with Gasteiger partial charge in [0.1, 0.15) is 6.10 Å². The lowest BCUT2D eigenvalue weighted by Gasteiger charge is -2.18. The van der Waals surface area contributed by atoms with E-state index in [0.717, 1.165) is 16.7 Å². The van der Waals surface area contributed by atoms with Crippen LogP contribution in [0.25, 0.3) is 0 Å². The summed E-state index contributed by atoms with van der Waals surface area (Å²) in [6.07, 6.45) is 0.314. The van der Waals surface area contributed by atoms with Gasteiger partial charge in [0.2, 0.25) is 5.91 Å². The monoisotopic (exact) mass is 357 g/mol. The van der Waals surface area contributed by atoms with Gasteiger partial charge in [-0.1, -0.05) is 53.6 Å². The predicted molar refractivity (Wildman–Crippen MR) is 96.3 cm³/mol. The van der Waals surface area contributed by atoms with Crippen molar-refractivity contribution in [1.82, 2.24) is 5.32 Å². The third kappa shape index (κ3) is 4.40. The van der Waals surface area contributed by atoms with Crippen LogP contribution in [-0.2, 0) is 20.7 Å². The highest BCUT2D eigenvalue weighted by Gasteiger charge is 2.40. The summed E-state index contributed by atoms with van der Waals surface area (Å²) in [4.78, 5) is 24.2. The molecule has 1 fully saturated rings. The van der Waals surface area contributed by atoms with Gasteiger partial charge in [-0.15, -0.1) is 0 Å². The molecule has 25 heavy (non-hydrogen) atoms. The van der Waals surface area contributed by atoms with Gasteiger partial charge in [0.15, 0.2) is 0 Å². The lowest BCUT2D eigenvalue weighted by atomic mass is 9.94. The van der Waals surface area contributed by atoms with Crippen LogP contribution in [0.5, 0.6) is 0 Å². The molecule has 1 heterocycles. The molecular weight excluding hydrogens is 338 g/mol. The molecule has 1 saturated heterocycles. The number of cyclic esters (lactones) is 1. The molecule has 1 amide bonds. The number of hydrogen-bond acceptors (Lipinski definition) is 3. The molecule has 2 aromatic carbocycles. The minimum atomic E-state index is -0.511. The van der Waals surface area contributed by atoms with Gasteiger partial charge in [0, 0.05) is 11.6 Å². The molecule has 0 bridgehead atoms. The van der Waals surface area contributed by atoms with Crippen molar-refractivity contribution in [3.63, 3.8) is 0 Å². The number of amides is 1. The first-order valence-electron chi connectivity index (χ1n) is 8.31. The summed E-state index contributed by atoms with van der Waals surface area (Å²) in [7, 11) is 0. The van der Waals surface area contributed by atoms with Crippen molar-refractivity contribution in [2.24, 2.45) is 5.92 Å². The summed E-state index contributed by atoms with van der Waals surface area (Å²) in [5.41, 5.74) is 3.07. The normalized spacial score (nSPS) is 19.5. The number of ether oxygens (including phenoxy) is 1. The van der Waals surface area contributed by atoms with E-state index in [0.29, 0.717) is 18.0 Å². The average Bonchev–Trinajstić information content (AvgIpc) is 2.99. The fraction of sp³-hybridized carbons (Fsp3) is 0.300. The number of halogens is 1. The Hall–Kier alpha value is -2.33. The maximum Gasteiger partial charge on any atom is 0.307 e. The molecule has 3 rings (SSSR count). The zero-order chi connectivity index (χ0) is 17.8. The maximum absolute atomic E-state index is 12.5. The van der Waals surface area contributed by atoms with E-state index in [1.807, 2.05) is 55.5 Å². The van der Waals surface area contributed by atoms with Gasteiger partial charge in [-0.3, -0.25) is 9.59 Å². The minimum Gasteiger partial charge on any atom is -0.457 e. The molecule has 4 nitrogen and oxygen atoms in total. The minimum absolute atomic E-state index is 0.116. The van der Waals surface area contributed by atoms with Crippen LogP contribution in [0.4, 0.5) is 0 Å². The Balaban J connectivity index is 1.60. The molecule has 0 unspecified atom stereocenters. The first-order valence-corrected chi connectivity index (χ1v) is 8.69. The number of nitrogens with one attached hydrogen (secondary N) is 1. The maximum atomic E-state index is 12.5. The summed E-state index contributed by atoms with van der Waals surface area (Å²) in [6.45, 7) is 2.50. The van der Waals surface area contributed by atoms with Gasteiger partial charge >= 0.3 is 5.97 Å². The molecule has 2 aromatic rings. The van der Waals surface area contributed by atoms with Crippen LogP contribution >= 0.6 is 11.6 Å². The van der Waals surface area contributed by atoms with Gasteiger partial charge in [0.05, 0.1) is 12.3 Å². The van der Waals surface area contributed by atoms with Crippen LogP contribution < -0.4 is 5.32 Å². The van der Waals surface area contributed by atoms with E-state index in [4.69, 9.17) is 16.3 Å². The second-order valence-electron chi connectivity index (χ2n) is 6.30. The van der Waals surface area contributed by atoms with Crippen molar-refractivity contribution in [3.8, 4) is 0 Å². The molecule has 1 N–H and O–H groups in total. The Bertz CT molecular complexity index is 756. The van der Waals surface area contributed by atoms with E-state index < -0.39 is 12.0 Å². The molecule has 130 valence electrons. The number of hydrogen-bond donors (Lipinski definition) is 1. The molecule has 0 aromatic heterocycles. The number of esters is 1. The molecule has 2 atom stereocenters. The topological polar surface area (TPSA) is 55.4 Å². The van der Waals surface area contributed by atoms with Gasteiger partial charge < -0.3 is 10.1 Å². The standard InChI is InChI=1S/C20H20ClNO3/c1-13-2-6-15(7-3-13)19-17(12-18(23)25-19)20(24)22-11-10-14-4-8-16(21)9-5-14/h2-9,17,19H,10-12H2,1H3,(H,22,24)/t17-,19+/m1/s1. The van der Waals surface area contributed by atoms with Crippen LogP contribution in [-0.4, -0.2) is 18.4 Å². The van der Waals surface area contributed by atoms with Crippen molar-refractivity contribution in [1.29, 1.82) is 0 Å². The quantitative estimate of drug-likeness (QED) is 0.832. The lowest BCUT2D eigenvalue weighted by Crippen LogP contribution is -2.33. The Morgan fingerprint density at radius 1 is 1.16 bits per heavy atom. The largest absolute Gasteiger partial charge is 0.457 e. The first kappa shape index (κ1) is 17.5. The van der Waals surface area contributed by atoms with Gasteiger partial charge in [-0.05, 0) is 36.6 Å². The fourth-order valence-electron chi connectivity index (χ4n) is 2.96. The number of rotatable bonds is 5. The zero-order valence-corrected chi connectivity index (χ0v) is 14.8. The molecular formula is C20H20ClNO3. The van der Waals surface area contributed by atoms with Crippen LogP contribution in [0.15, 0.2) is 48.5 Å². The molecule has 0 radical (unpaired) electrons. The number of carbonyl (C=O) groups is 2. The van der Waals surface area contributed by atoms with Gasteiger partial charge in [-0.25, -0.2) is 0 Å². The molecule has 1 aliphatic rings. The highest BCUT2D eigenvalue weighted by molar-refractivity contribution is 6.30. The van der Waals surface area contributed by atoms with Crippen LogP contribution in [0, 0.1) is 12.8 Å². The Kier molecular flexibility index (Phi) is 5.39. The van der Waals surface area contributed by atoms with Crippen molar-refractivity contribution in [2.45, 2.75) is 25.9 Å². The summed E-state index contributed by atoms with van der Waals surface area (Å²) < 4.78 is 5.38. The highest BCUT2D eigenvalue weighted by Crippen LogP contribution is 2.35. The average molecular weight is 358 g/mol. The fourth-order valence-corrected chi connectivity index (χ4v) is 3.08. The smallest absolute Gasteiger partial charge is 0.307 e. The van der Waals surface area contributed by atoms with Crippen LogP contribution in [0.3, 0.4) is 0 Å². The van der Waals surface area contributed by atoms with E-state index >= 15 is 0 Å². The summed E-state index contributed by atoms with van der Waals surface area (Å²) in [5, 5.41) is 3.61. The van der Waals surface area contributed by atoms with Crippen molar-refractivity contribution in [2.75, 3.05) is 6.54 Å². The van der Waals surface area contributed by atoms with Crippen molar-refractivity contribution < 1.29 is 14.3 Å². The third-order valence-corrected chi connectivity index (χ3v) is 4.63. The van der Waals surface area contributed by atoms with Crippen molar-refractivity contribution >= 4 is 23.5 Å². The van der Waals surface area contributed by atoms with E-state index in [1.54, 1.807) is 0 Å². The number of benzene rings is 2. The van der Waals surface area contributed by atoms with E-state index in [1.165, 1.54) is 0 Å². The summed E-state index contributed by atoms with van der Waals surface area (Å²) >= 11 is 5.86. The Labute approximate surface area is 152 Å². The van der Waals surface area contributed by atoms with E-state index in [-0.39, 0.29) is 18.3 Å². The van der Waals surface area contributed by atoms with Gasteiger partial charge in [-0.2, -0.15) is 0 Å². The molecule has 0 spiro atoms. The van der Waals surface area contributed by atoms with E-state index in [9.17, 15) is 9.59 Å². The Morgan fingerprint density at radius 2 is 1.84 bits per heavy atom. The zero-order valence-electron chi connectivity index (χ0n) is 14.0. The SMILES string of the molecule is Cc1ccc([C@@H]2OC(=O)C[C@H]2C(=O)NCCc2ccc(Cl)cc2)cc1. The molecule has 5 heteroatoms. The van der Waals surface area contributed by atoms with Crippen molar-refractivity contribution in [3.05, 3.63) is 70.2 Å². The number of aryl methyl sites for hydroxylation is 1. The number of carbonyl (C=O) groups excluding carboxylic acids is 2. The Morgan fingerprint density at radius 3 is 2.52 bits per heavy atom. The van der Waals surface area contributed by atoms with Gasteiger partial charge in [0.25, 0.3) is 0 Å². The molecule has 1 aliphatic heterocycles. The highest BCUT2D eigenvalue weighted by atomic mass is 35.5. The predicted octanol–water partition coefficient (Wildman–Crippen LogP) is 3.61. The van der Waals surface area contributed by atoms with Crippen LogP contribution in [0.1, 0.15) is 29.2 Å². The molecule has 0 saturated carbocycles. The van der Waals surface area contributed by atoms with Crippen LogP contribution in [0.2, 0.25) is 5.02 Å². The molecule has 0 aliphatic carbocycles. The second kappa shape index (κ2) is 7.70. The first-order chi connectivity index (χ1) is 12.0.